The number of carbonyl (C=O) groups is 1. The van der Waals surface area contributed by atoms with Crippen LogP contribution in [0.3, 0.4) is 0 Å². The first kappa shape index (κ1) is 15.8. The van der Waals surface area contributed by atoms with Crippen molar-refractivity contribution in [2.24, 2.45) is 0 Å². The molecule has 5 nitrogen and oxygen atoms in total. The highest BCUT2D eigenvalue weighted by molar-refractivity contribution is 5.78. The van der Waals surface area contributed by atoms with Crippen LogP contribution in [0.15, 0.2) is 18.2 Å². The maximum Gasteiger partial charge on any atom is 0.234 e. The average molecular weight is 292 g/mol. The Balaban J connectivity index is 1.62. The first-order chi connectivity index (χ1) is 10.0. The minimum atomic E-state index is -0.639. The van der Waals surface area contributed by atoms with Crippen LogP contribution in [0.1, 0.15) is 24.0 Å². The van der Waals surface area contributed by atoms with Gasteiger partial charge in [-0.05, 0) is 38.3 Å². The number of hydrogen-bond donors (Lipinski definition) is 3. The quantitative estimate of drug-likeness (QED) is 0.666. The summed E-state index contributed by atoms with van der Waals surface area (Å²) in [6.45, 7) is 4.79. The highest BCUT2D eigenvalue weighted by atomic mass is 16.5. The summed E-state index contributed by atoms with van der Waals surface area (Å²) in [6, 6.07) is 6.31. The van der Waals surface area contributed by atoms with Crippen LogP contribution in [0, 0.1) is 13.8 Å². The van der Waals surface area contributed by atoms with Crippen LogP contribution in [0.5, 0.6) is 5.75 Å². The zero-order valence-electron chi connectivity index (χ0n) is 12.7. The lowest BCUT2D eigenvalue weighted by Gasteiger charge is -2.14. The van der Waals surface area contributed by atoms with Crippen LogP contribution in [0.25, 0.3) is 0 Å². The molecule has 0 aromatic heterocycles. The molecule has 21 heavy (non-hydrogen) atoms. The Morgan fingerprint density at radius 1 is 1.43 bits per heavy atom. The fraction of sp³-hybridized carbons (Fsp3) is 0.562. The van der Waals surface area contributed by atoms with Crippen molar-refractivity contribution >= 4 is 5.91 Å². The molecule has 0 spiro atoms. The van der Waals surface area contributed by atoms with E-state index in [1.165, 1.54) is 5.56 Å². The van der Waals surface area contributed by atoms with Gasteiger partial charge in [-0.25, -0.2) is 0 Å². The van der Waals surface area contributed by atoms with Gasteiger partial charge in [-0.1, -0.05) is 17.7 Å². The lowest BCUT2D eigenvalue weighted by Crippen LogP contribution is -2.39. The lowest BCUT2D eigenvalue weighted by atomic mass is 10.1. The summed E-state index contributed by atoms with van der Waals surface area (Å²) in [6.07, 6.45) is 1.52. The molecule has 0 heterocycles. The van der Waals surface area contributed by atoms with Gasteiger partial charge in [0.1, 0.15) is 18.5 Å². The Morgan fingerprint density at radius 2 is 2.19 bits per heavy atom. The van der Waals surface area contributed by atoms with E-state index in [2.05, 4.69) is 10.6 Å². The number of ether oxygens (including phenoxy) is 1. The van der Waals surface area contributed by atoms with Gasteiger partial charge in [0.25, 0.3) is 0 Å². The normalized spacial score (nSPS) is 15.6. The predicted octanol–water partition coefficient (Wildman–Crippen LogP) is 0.911. The number of aliphatic hydroxyl groups is 1. The maximum atomic E-state index is 11.4. The fourth-order valence-corrected chi connectivity index (χ4v) is 2.06. The molecule has 1 amide bonds. The first-order valence-electron chi connectivity index (χ1n) is 7.43. The third-order valence-corrected chi connectivity index (χ3v) is 3.37. The van der Waals surface area contributed by atoms with Crippen molar-refractivity contribution < 1.29 is 14.6 Å². The lowest BCUT2D eigenvalue weighted by molar-refractivity contribution is -0.120. The van der Waals surface area contributed by atoms with Gasteiger partial charge in [-0.2, -0.15) is 0 Å². The average Bonchev–Trinajstić information content (AvgIpc) is 3.21. The zero-order chi connectivity index (χ0) is 15.2. The second-order valence-electron chi connectivity index (χ2n) is 5.71. The van der Waals surface area contributed by atoms with E-state index >= 15 is 0 Å². The Morgan fingerprint density at radius 3 is 2.86 bits per heavy atom. The van der Waals surface area contributed by atoms with Crippen molar-refractivity contribution in [2.45, 2.75) is 38.8 Å². The van der Waals surface area contributed by atoms with E-state index in [0.29, 0.717) is 12.6 Å². The summed E-state index contributed by atoms with van der Waals surface area (Å²) < 4.78 is 5.60. The van der Waals surface area contributed by atoms with Crippen molar-refractivity contribution in [1.82, 2.24) is 10.6 Å². The van der Waals surface area contributed by atoms with Gasteiger partial charge in [-0.15, -0.1) is 0 Å². The number of amides is 1. The van der Waals surface area contributed by atoms with E-state index in [1.54, 1.807) is 0 Å². The van der Waals surface area contributed by atoms with E-state index in [-0.39, 0.29) is 19.1 Å². The van der Waals surface area contributed by atoms with Crippen molar-refractivity contribution in [3.8, 4) is 5.75 Å². The van der Waals surface area contributed by atoms with Crippen LogP contribution < -0.4 is 15.4 Å². The van der Waals surface area contributed by atoms with Gasteiger partial charge < -0.3 is 20.5 Å². The highest BCUT2D eigenvalue weighted by Crippen LogP contribution is 2.19. The molecular weight excluding hydrogens is 268 g/mol. The monoisotopic (exact) mass is 292 g/mol. The van der Waals surface area contributed by atoms with Gasteiger partial charge in [0, 0.05) is 12.6 Å². The topological polar surface area (TPSA) is 70.6 Å². The number of aliphatic hydroxyl groups excluding tert-OH is 1. The Hall–Kier alpha value is -1.59. The standard InChI is InChI=1S/C16H24N2O3/c1-11-3-6-15(12(2)7-11)21-10-14(19)8-17-9-16(20)18-13-4-5-13/h3,6-7,13-14,17,19H,4-5,8-10H2,1-2H3,(H,18,20). The Labute approximate surface area is 125 Å². The summed E-state index contributed by atoms with van der Waals surface area (Å²) >= 11 is 0. The largest absolute Gasteiger partial charge is 0.491 e. The fourth-order valence-electron chi connectivity index (χ4n) is 2.06. The zero-order valence-corrected chi connectivity index (χ0v) is 12.7. The molecule has 3 N–H and O–H groups in total. The van der Waals surface area contributed by atoms with Crippen molar-refractivity contribution in [3.63, 3.8) is 0 Å². The molecule has 0 bridgehead atoms. The van der Waals surface area contributed by atoms with Crippen molar-refractivity contribution in [2.75, 3.05) is 19.7 Å². The van der Waals surface area contributed by atoms with Crippen molar-refractivity contribution in [3.05, 3.63) is 29.3 Å². The van der Waals surface area contributed by atoms with Crippen LogP contribution in [-0.4, -0.2) is 42.9 Å². The summed E-state index contributed by atoms with van der Waals surface area (Å²) in [7, 11) is 0. The Kier molecular flexibility index (Phi) is 5.59. The third kappa shape index (κ3) is 5.73. The number of aryl methyl sites for hydroxylation is 2. The second kappa shape index (κ2) is 7.43. The molecule has 1 fully saturated rings. The highest BCUT2D eigenvalue weighted by Gasteiger charge is 2.22. The smallest absolute Gasteiger partial charge is 0.234 e. The molecule has 2 rings (SSSR count). The molecule has 116 valence electrons. The first-order valence-corrected chi connectivity index (χ1v) is 7.43. The van der Waals surface area contributed by atoms with Gasteiger partial charge >= 0.3 is 0 Å². The molecule has 1 aliphatic carbocycles. The molecule has 1 aromatic rings. The molecule has 1 aliphatic rings. The van der Waals surface area contributed by atoms with Crippen LogP contribution in [-0.2, 0) is 4.79 Å². The molecule has 5 heteroatoms. The van der Waals surface area contributed by atoms with Gasteiger partial charge in [0.05, 0.1) is 6.54 Å². The van der Waals surface area contributed by atoms with Crippen molar-refractivity contribution in [1.29, 1.82) is 0 Å². The van der Waals surface area contributed by atoms with E-state index in [0.717, 1.165) is 24.2 Å². The van der Waals surface area contributed by atoms with Gasteiger partial charge in [0.2, 0.25) is 5.91 Å². The molecule has 1 aromatic carbocycles. The molecule has 1 atom stereocenters. The molecule has 0 saturated heterocycles. The maximum absolute atomic E-state index is 11.4. The van der Waals surface area contributed by atoms with Gasteiger partial charge in [-0.3, -0.25) is 4.79 Å². The molecular formula is C16H24N2O3. The van der Waals surface area contributed by atoms with E-state index in [9.17, 15) is 9.90 Å². The van der Waals surface area contributed by atoms with E-state index in [1.807, 2.05) is 32.0 Å². The summed E-state index contributed by atoms with van der Waals surface area (Å²) in [5, 5.41) is 15.7. The predicted molar refractivity (Wildman–Crippen MR) is 81.5 cm³/mol. The minimum Gasteiger partial charge on any atom is -0.491 e. The number of benzene rings is 1. The SMILES string of the molecule is Cc1ccc(OCC(O)CNCC(=O)NC2CC2)c(C)c1. The number of hydrogen-bond acceptors (Lipinski definition) is 4. The van der Waals surface area contributed by atoms with E-state index in [4.69, 9.17) is 4.74 Å². The number of rotatable bonds is 8. The second-order valence-corrected chi connectivity index (χ2v) is 5.71. The molecule has 1 unspecified atom stereocenters. The van der Waals surface area contributed by atoms with Crippen LogP contribution in [0.2, 0.25) is 0 Å². The molecule has 0 radical (unpaired) electrons. The molecule has 1 saturated carbocycles. The van der Waals surface area contributed by atoms with Gasteiger partial charge in [0.15, 0.2) is 0 Å². The Bertz CT molecular complexity index is 486. The van der Waals surface area contributed by atoms with Crippen LogP contribution in [0.4, 0.5) is 0 Å². The summed E-state index contributed by atoms with van der Waals surface area (Å²) in [4.78, 5) is 11.4. The minimum absolute atomic E-state index is 0.0139. The summed E-state index contributed by atoms with van der Waals surface area (Å²) in [5.41, 5.74) is 2.24. The van der Waals surface area contributed by atoms with Crippen LogP contribution >= 0.6 is 0 Å². The number of nitrogens with one attached hydrogen (secondary N) is 2. The third-order valence-electron chi connectivity index (χ3n) is 3.37. The van der Waals surface area contributed by atoms with E-state index < -0.39 is 6.10 Å². The number of carbonyl (C=O) groups excluding carboxylic acids is 1. The molecule has 0 aliphatic heterocycles. The summed E-state index contributed by atoms with van der Waals surface area (Å²) in [5.74, 6) is 0.770.